The lowest BCUT2D eigenvalue weighted by molar-refractivity contribution is -0.120. The molecule has 0 spiro atoms. The van der Waals surface area contributed by atoms with Crippen molar-refractivity contribution in [1.82, 2.24) is 10.6 Å². The molecule has 2 aromatic carbocycles. The maximum absolute atomic E-state index is 12.2. The number of methoxy groups -OCH3 is 2. The van der Waals surface area contributed by atoms with Crippen LogP contribution in [0.15, 0.2) is 42.5 Å². The Hall–Kier alpha value is -3.55. The van der Waals surface area contributed by atoms with E-state index in [1.807, 2.05) is 0 Å². The van der Waals surface area contributed by atoms with Crippen molar-refractivity contribution in [3.63, 3.8) is 0 Å². The predicted molar refractivity (Wildman–Crippen MR) is 103 cm³/mol. The number of benzene rings is 2. The molecule has 4 N–H and O–H groups in total. The third-order valence-electron chi connectivity index (χ3n) is 3.97. The molecule has 0 heterocycles. The second-order valence-corrected chi connectivity index (χ2v) is 5.98. The van der Waals surface area contributed by atoms with Gasteiger partial charge in [-0.25, -0.2) is 0 Å². The summed E-state index contributed by atoms with van der Waals surface area (Å²) in [5.74, 6) is 0.0793. The van der Waals surface area contributed by atoms with Crippen LogP contribution in [0.5, 0.6) is 11.5 Å². The van der Waals surface area contributed by atoms with Crippen molar-refractivity contribution in [3.8, 4) is 11.5 Å². The highest BCUT2D eigenvalue weighted by atomic mass is 16.5. The zero-order chi connectivity index (χ0) is 20.5. The molecule has 2 rings (SSSR count). The number of primary amides is 1. The topological polar surface area (TPSA) is 120 Å². The van der Waals surface area contributed by atoms with Crippen molar-refractivity contribution in [2.24, 2.45) is 5.73 Å². The van der Waals surface area contributed by atoms with Gasteiger partial charge in [-0.05, 0) is 23.8 Å². The molecule has 28 heavy (non-hydrogen) atoms. The van der Waals surface area contributed by atoms with E-state index < -0.39 is 5.91 Å². The van der Waals surface area contributed by atoms with E-state index in [0.717, 1.165) is 11.1 Å². The fourth-order valence-electron chi connectivity index (χ4n) is 2.48. The number of nitrogens with one attached hydrogen (secondary N) is 2. The summed E-state index contributed by atoms with van der Waals surface area (Å²) < 4.78 is 10.4. The molecule has 0 atom stereocenters. The highest BCUT2D eigenvalue weighted by Gasteiger charge is 2.11. The van der Waals surface area contributed by atoms with Crippen molar-refractivity contribution in [2.75, 3.05) is 20.8 Å². The fourth-order valence-corrected chi connectivity index (χ4v) is 2.48. The lowest BCUT2D eigenvalue weighted by Gasteiger charge is -2.11. The predicted octanol–water partition coefficient (Wildman–Crippen LogP) is 0.778. The number of nitrogens with two attached hydrogens (primary N) is 1. The number of ether oxygens (including phenoxy) is 2. The molecular weight excluding hydrogens is 362 g/mol. The van der Waals surface area contributed by atoms with Crippen LogP contribution in [0.2, 0.25) is 0 Å². The zero-order valence-electron chi connectivity index (χ0n) is 15.8. The largest absolute Gasteiger partial charge is 0.497 e. The maximum Gasteiger partial charge on any atom is 0.251 e. The molecule has 8 nitrogen and oxygen atoms in total. The molecule has 0 saturated heterocycles. The normalized spacial score (nSPS) is 10.1. The Morgan fingerprint density at radius 3 is 2.29 bits per heavy atom. The summed E-state index contributed by atoms with van der Waals surface area (Å²) >= 11 is 0. The molecule has 0 aliphatic rings. The van der Waals surface area contributed by atoms with Crippen molar-refractivity contribution in [3.05, 3.63) is 59.2 Å². The van der Waals surface area contributed by atoms with E-state index in [9.17, 15) is 14.4 Å². The Labute approximate surface area is 163 Å². The molecule has 0 aromatic heterocycles. The first-order chi connectivity index (χ1) is 13.4. The Bertz CT molecular complexity index is 849. The SMILES string of the molecule is COc1ccc(CC(=O)NCc2ccc(C(=O)NCC(N)=O)cc2)c(OC)c1. The van der Waals surface area contributed by atoms with Crippen molar-refractivity contribution < 1.29 is 23.9 Å². The number of hydrogen-bond donors (Lipinski definition) is 3. The number of rotatable bonds is 9. The first-order valence-electron chi connectivity index (χ1n) is 8.56. The van der Waals surface area contributed by atoms with Gasteiger partial charge in [-0.15, -0.1) is 0 Å². The van der Waals surface area contributed by atoms with Crippen molar-refractivity contribution >= 4 is 17.7 Å². The van der Waals surface area contributed by atoms with Crippen LogP contribution in [-0.2, 0) is 22.6 Å². The molecule has 0 unspecified atom stereocenters. The summed E-state index contributed by atoms with van der Waals surface area (Å²) in [6.45, 7) is 0.103. The van der Waals surface area contributed by atoms with Crippen molar-refractivity contribution in [1.29, 1.82) is 0 Å². The van der Waals surface area contributed by atoms with Gasteiger partial charge in [-0.3, -0.25) is 14.4 Å². The first kappa shape index (κ1) is 20.8. The van der Waals surface area contributed by atoms with Gasteiger partial charge in [0.2, 0.25) is 11.8 Å². The molecule has 148 valence electrons. The molecule has 0 saturated carbocycles. The Kier molecular flexibility index (Phi) is 7.38. The molecule has 8 heteroatoms. The zero-order valence-corrected chi connectivity index (χ0v) is 15.8. The standard InChI is InChI=1S/C20H23N3O5/c1-27-16-8-7-15(17(10-16)28-2)9-19(25)22-11-13-3-5-14(6-4-13)20(26)23-12-18(21)24/h3-8,10H,9,11-12H2,1-2H3,(H2,21,24)(H,22,25)(H,23,26). The smallest absolute Gasteiger partial charge is 0.251 e. The van der Waals surface area contributed by atoms with Crippen LogP contribution >= 0.6 is 0 Å². The minimum absolute atomic E-state index is 0.160. The lowest BCUT2D eigenvalue weighted by atomic mass is 10.1. The number of carbonyl (C=O) groups is 3. The summed E-state index contributed by atoms with van der Waals surface area (Å²) in [4.78, 5) is 34.7. The molecule has 3 amide bonds. The minimum Gasteiger partial charge on any atom is -0.497 e. The van der Waals surface area contributed by atoms with E-state index in [1.54, 1.807) is 49.6 Å². The van der Waals surface area contributed by atoms with Crippen molar-refractivity contribution in [2.45, 2.75) is 13.0 Å². The van der Waals surface area contributed by atoms with E-state index in [1.165, 1.54) is 7.11 Å². The van der Waals surface area contributed by atoms with Gasteiger partial charge in [-0.1, -0.05) is 18.2 Å². The molecule has 2 aromatic rings. The molecule has 0 aliphatic carbocycles. The van der Waals surface area contributed by atoms with Gasteiger partial charge < -0.3 is 25.8 Å². The van der Waals surface area contributed by atoms with E-state index in [-0.39, 0.29) is 24.8 Å². The summed E-state index contributed by atoms with van der Waals surface area (Å²) in [5, 5.41) is 5.24. The highest BCUT2D eigenvalue weighted by Crippen LogP contribution is 2.24. The van der Waals surface area contributed by atoms with E-state index in [0.29, 0.717) is 23.6 Å². The molecular formula is C20H23N3O5. The fraction of sp³-hybridized carbons (Fsp3) is 0.250. The number of hydrogen-bond acceptors (Lipinski definition) is 5. The van der Waals surface area contributed by atoms with Gasteiger partial charge in [0.15, 0.2) is 0 Å². The Morgan fingerprint density at radius 2 is 1.68 bits per heavy atom. The second kappa shape index (κ2) is 9.96. The molecule has 0 aliphatic heterocycles. The van der Waals surface area contributed by atoms with Crippen LogP contribution in [0, 0.1) is 0 Å². The second-order valence-electron chi connectivity index (χ2n) is 5.98. The average Bonchev–Trinajstić information content (AvgIpc) is 2.71. The van der Waals surface area contributed by atoms with Gasteiger partial charge in [0.05, 0.1) is 27.2 Å². The van der Waals surface area contributed by atoms with Gasteiger partial charge in [0, 0.05) is 23.7 Å². The third kappa shape index (κ3) is 6.01. The first-order valence-corrected chi connectivity index (χ1v) is 8.56. The van der Waals surface area contributed by atoms with Crippen LogP contribution in [0.3, 0.4) is 0 Å². The minimum atomic E-state index is -0.610. The lowest BCUT2D eigenvalue weighted by Crippen LogP contribution is -2.33. The van der Waals surface area contributed by atoms with E-state index in [2.05, 4.69) is 10.6 Å². The van der Waals surface area contributed by atoms with Gasteiger partial charge in [0.1, 0.15) is 11.5 Å². The van der Waals surface area contributed by atoms with Gasteiger partial charge >= 0.3 is 0 Å². The summed E-state index contributed by atoms with van der Waals surface area (Å²) in [7, 11) is 3.10. The van der Waals surface area contributed by atoms with Crippen LogP contribution in [0.4, 0.5) is 0 Å². The summed E-state index contributed by atoms with van der Waals surface area (Å²) in [5.41, 5.74) is 6.98. The maximum atomic E-state index is 12.2. The third-order valence-corrected chi connectivity index (χ3v) is 3.97. The van der Waals surface area contributed by atoms with Crippen LogP contribution in [-0.4, -0.2) is 38.5 Å². The van der Waals surface area contributed by atoms with Crippen LogP contribution in [0.25, 0.3) is 0 Å². The molecule has 0 fully saturated rings. The van der Waals surface area contributed by atoms with E-state index >= 15 is 0 Å². The number of carbonyl (C=O) groups excluding carboxylic acids is 3. The Morgan fingerprint density at radius 1 is 0.964 bits per heavy atom. The Balaban J connectivity index is 1.89. The highest BCUT2D eigenvalue weighted by molar-refractivity contribution is 5.96. The molecule has 0 radical (unpaired) electrons. The quantitative estimate of drug-likeness (QED) is 0.589. The average molecular weight is 385 g/mol. The summed E-state index contributed by atoms with van der Waals surface area (Å²) in [6, 6.07) is 12.0. The van der Waals surface area contributed by atoms with Gasteiger partial charge in [0.25, 0.3) is 5.91 Å². The molecule has 0 bridgehead atoms. The van der Waals surface area contributed by atoms with Crippen LogP contribution in [0.1, 0.15) is 21.5 Å². The monoisotopic (exact) mass is 385 g/mol. The van der Waals surface area contributed by atoms with E-state index in [4.69, 9.17) is 15.2 Å². The number of amides is 3. The summed E-state index contributed by atoms with van der Waals surface area (Å²) in [6.07, 6.45) is 0.167. The van der Waals surface area contributed by atoms with Crippen LogP contribution < -0.4 is 25.8 Å². The van der Waals surface area contributed by atoms with Gasteiger partial charge in [-0.2, -0.15) is 0 Å².